The molecule has 2 unspecified atom stereocenters. The van der Waals surface area contributed by atoms with Gasteiger partial charge in [0.15, 0.2) is 0 Å². The lowest BCUT2D eigenvalue weighted by Crippen LogP contribution is -2.12. The van der Waals surface area contributed by atoms with Crippen LogP contribution in [-0.4, -0.2) is 4.98 Å². The van der Waals surface area contributed by atoms with E-state index in [0.717, 1.165) is 28.0 Å². The Balaban J connectivity index is 1.31. The number of nitrogens with zero attached hydrogens (tertiary/aromatic N) is 1. The van der Waals surface area contributed by atoms with Crippen LogP contribution in [0.15, 0.2) is 44.7 Å². The first-order valence-electron chi connectivity index (χ1n) is 7.57. The van der Waals surface area contributed by atoms with Crippen LogP contribution in [0.5, 0.6) is 0 Å². The predicted octanol–water partition coefficient (Wildman–Crippen LogP) is 4.41. The summed E-state index contributed by atoms with van der Waals surface area (Å²) in [5, 5.41) is 5.37. The van der Waals surface area contributed by atoms with Gasteiger partial charge in [-0.15, -0.1) is 11.3 Å². The molecule has 3 aromatic heterocycles. The van der Waals surface area contributed by atoms with Crippen molar-refractivity contribution < 1.29 is 8.83 Å². The summed E-state index contributed by atoms with van der Waals surface area (Å²) >= 11 is 1.63. The van der Waals surface area contributed by atoms with Gasteiger partial charge in [-0.1, -0.05) is 13.0 Å². The van der Waals surface area contributed by atoms with E-state index in [1.54, 1.807) is 17.6 Å². The molecule has 0 amide bonds. The van der Waals surface area contributed by atoms with Crippen molar-refractivity contribution in [2.75, 3.05) is 0 Å². The van der Waals surface area contributed by atoms with Crippen molar-refractivity contribution in [1.29, 1.82) is 0 Å². The molecular formula is C17H18N2O2S. The Morgan fingerprint density at radius 2 is 2.23 bits per heavy atom. The molecule has 22 heavy (non-hydrogen) atoms. The Bertz CT molecular complexity index is 744. The van der Waals surface area contributed by atoms with Gasteiger partial charge in [0.2, 0.25) is 5.89 Å². The van der Waals surface area contributed by atoms with Crippen molar-refractivity contribution in [3.8, 4) is 10.8 Å². The largest absolute Gasteiger partial charge is 0.464 e. The monoisotopic (exact) mass is 314 g/mol. The summed E-state index contributed by atoms with van der Waals surface area (Å²) in [5.74, 6) is 4.21. The van der Waals surface area contributed by atoms with E-state index in [2.05, 4.69) is 29.4 Å². The lowest BCUT2D eigenvalue weighted by atomic mass is 10.3. The first kappa shape index (κ1) is 13.8. The quantitative estimate of drug-likeness (QED) is 0.732. The fourth-order valence-corrected chi connectivity index (χ4v) is 3.28. The van der Waals surface area contributed by atoms with E-state index in [4.69, 9.17) is 8.83 Å². The Kier molecular flexibility index (Phi) is 3.60. The van der Waals surface area contributed by atoms with Gasteiger partial charge >= 0.3 is 0 Å². The van der Waals surface area contributed by atoms with Gasteiger partial charge in [-0.2, -0.15) is 0 Å². The molecule has 1 fully saturated rings. The topological polar surface area (TPSA) is 51.2 Å². The van der Waals surface area contributed by atoms with Crippen LogP contribution in [0.3, 0.4) is 0 Å². The molecule has 3 heterocycles. The highest BCUT2D eigenvalue weighted by Crippen LogP contribution is 2.47. The van der Waals surface area contributed by atoms with E-state index in [0.29, 0.717) is 24.9 Å². The molecule has 5 heteroatoms. The summed E-state index contributed by atoms with van der Waals surface area (Å²) < 4.78 is 11.4. The number of oxazole rings is 1. The Morgan fingerprint density at radius 1 is 1.32 bits per heavy atom. The minimum atomic E-state index is 0.637. The smallest absolute Gasteiger partial charge is 0.236 e. The summed E-state index contributed by atoms with van der Waals surface area (Å²) in [7, 11) is 0. The van der Waals surface area contributed by atoms with Crippen molar-refractivity contribution in [2.24, 2.45) is 5.92 Å². The number of furan rings is 1. The maximum absolute atomic E-state index is 5.88. The van der Waals surface area contributed by atoms with Crippen LogP contribution < -0.4 is 5.32 Å². The predicted molar refractivity (Wildman–Crippen MR) is 85.6 cm³/mol. The minimum Gasteiger partial charge on any atom is -0.464 e. The summed E-state index contributed by atoms with van der Waals surface area (Å²) in [6, 6.07) is 8.18. The van der Waals surface area contributed by atoms with Crippen molar-refractivity contribution in [3.63, 3.8) is 0 Å². The third-order valence-electron chi connectivity index (χ3n) is 4.05. The molecule has 0 spiro atoms. The molecular weight excluding hydrogens is 296 g/mol. The number of nitrogens with one attached hydrogen (secondary N) is 1. The standard InChI is InChI=1S/C17H18N2O2S/c1-11-7-14(11)15-5-4-13(21-15)9-18-8-12-10-20-17(19-12)16-3-2-6-22-16/h2-6,10-11,14,18H,7-9H2,1H3. The average Bonchev–Trinajstić information content (AvgIpc) is 3.04. The van der Waals surface area contributed by atoms with E-state index in [-0.39, 0.29) is 0 Å². The zero-order chi connectivity index (χ0) is 14.9. The molecule has 0 radical (unpaired) electrons. The number of aromatic nitrogens is 1. The van der Waals surface area contributed by atoms with Crippen molar-refractivity contribution in [3.05, 3.63) is 53.1 Å². The highest BCUT2D eigenvalue weighted by Gasteiger charge is 2.36. The normalized spacial score (nSPS) is 20.4. The van der Waals surface area contributed by atoms with Gasteiger partial charge < -0.3 is 14.2 Å². The number of hydrogen-bond acceptors (Lipinski definition) is 5. The zero-order valence-corrected chi connectivity index (χ0v) is 13.2. The summed E-state index contributed by atoms with van der Waals surface area (Å²) in [5.41, 5.74) is 0.908. The number of thiophene rings is 1. The molecule has 4 nitrogen and oxygen atoms in total. The third-order valence-corrected chi connectivity index (χ3v) is 4.90. The van der Waals surface area contributed by atoms with Crippen LogP contribution in [0, 0.1) is 5.92 Å². The maximum atomic E-state index is 5.88. The lowest BCUT2D eigenvalue weighted by Gasteiger charge is -1.99. The van der Waals surface area contributed by atoms with Gasteiger partial charge in [0.1, 0.15) is 17.8 Å². The second-order valence-electron chi connectivity index (χ2n) is 5.85. The molecule has 0 aliphatic heterocycles. The first-order chi connectivity index (χ1) is 10.8. The number of rotatable bonds is 6. The van der Waals surface area contributed by atoms with E-state index < -0.39 is 0 Å². The van der Waals surface area contributed by atoms with Gasteiger partial charge in [-0.3, -0.25) is 0 Å². The fourth-order valence-electron chi connectivity index (χ4n) is 2.62. The molecule has 0 saturated heterocycles. The number of hydrogen-bond donors (Lipinski definition) is 1. The van der Waals surface area contributed by atoms with Crippen LogP contribution in [0.1, 0.15) is 36.5 Å². The molecule has 2 atom stereocenters. The highest BCUT2D eigenvalue weighted by atomic mass is 32.1. The van der Waals surface area contributed by atoms with E-state index in [1.807, 2.05) is 17.5 Å². The van der Waals surface area contributed by atoms with E-state index >= 15 is 0 Å². The molecule has 3 aromatic rings. The molecule has 4 rings (SSSR count). The van der Waals surface area contributed by atoms with Gasteiger partial charge in [0, 0.05) is 12.5 Å². The molecule has 1 N–H and O–H groups in total. The molecule has 1 aliphatic carbocycles. The molecule has 0 bridgehead atoms. The van der Waals surface area contributed by atoms with Crippen LogP contribution in [0.25, 0.3) is 10.8 Å². The van der Waals surface area contributed by atoms with E-state index in [1.165, 1.54) is 6.42 Å². The maximum Gasteiger partial charge on any atom is 0.236 e. The minimum absolute atomic E-state index is 0.637. The van der Waals surface area contributed by atoms with Gasteiger partial charge in [0.05, 0.1) is 17.1 Å². The second-order valence-corrected chi connectivity index (χ2v) is 6.80. The van der Waals surface area contributed by atoms with Crippen molar-refractivity contribution in [2.45, 2.75) is 32.4 Å². The van der Waals surface area contributed by atoms with Crippen molar-refractivity contribution >= 4 is 11.3 Å². The van der Waals surface area contributed by atoms with Crippen LogP contribution in [-0.2, 0) is 13.1 Å². The summed E-state index contributed by atoms with van der Waals surface area (Å²) in [6.45, 7) is 3.65. The summed E-state index contributed by atoms with van der Waals surface area (Å²) in [6.07, 6.45) is 2.96. The molecule has 1 aliphatic rings. The lowest BCUT2D eigenvalue weighted by molar-refractivity contribution is 0.443. The van der Waals surface area contributed by atoms with Crippen LogP contribution in [0.4, 0.5) is 0 Å². The third kappa shape index (κ3) is 2.87. The summed E-state index contributed by atoms with van der Waals surface area (Å²) in [4.78, 5) is 5.54. The Hall–Kier alpha value is -1.85. The zero-order valence-electron chi connectivity index (χ0n) is 12.4. The Morgan fingerprint density at radius 3 is 3.00 bits per heavy atom. The van der Waals surface area contributed by atoms with Gasteiger partial charge in [-0.05, 0) is 35.9 Å². The SMILES string of the molecule is CC1CC1c1ccc(CNCc2coc(-c3cccs3)n2)o1. The van der Waals surface area contributed by atoms with Crippen LogP contribution >= 0.6 is 11.3 Å². The molecule has 0 aromatic carbocycles. The Labute approximate surface area is 133 Å². The average molecular weight is 314 g/mol. The molecule has 1 saturated carbocycles. The second kappa shape index (κ2) is 5.74. The van der Waals surface area contributed by atoms with Gasteiger partial charge in [-0.25, -0.2) is 4.98 Å². The van der Waals surface area contributed by atoms with Crippen LogP contribution in [0.2, 0.25) is 0 Å². The fraction of sp³-hybridized carbons (Fsp3) is 0.353. The van der Waals surface area contributed by atoms with E-state index in [9.17, 15) is 0 Å². The van der Waals surface area contributed by atoms with Gasteiger partial charge in [0.25, 0.3) is 0 Å². The first-order valence-corrected chi connectivity index (χ1v) is 8.45. The highest BCUT2D eigenvalue weighted by molar-refractivity contribution is 7.13. The molecule has 114 valence electrons. The van der Waals surface area contributed by atoms with Crippen molar-refractivity contribution in [1.82, 2.24) is 10.3 Å².